The Balaban J connectivity index is 1.61. The fourth-order valence-corrected chi connectivity index (χ4v) is 4.35. The Labute approximate surface area is 175 Å². The minimum absolute atomic E-state index is 0.0922. The number of hydrogen-bond donors (Lipinski definition) is 2. The van der Waals surface area contributed by atoms with Gasteiger partial charge in [-0.25, -0.2) is 9.78 Å². The van der Waals surface area contributed by atoms with Crippen LogP contribution in [0.5, 0.6) is 0 Å². The van der Waals surface area contributed by atoms with E-state index in [9.17, 15) is 14.4 Å². The largest absolute Gasteiger partial charge is 0.459 e. The number of thioether (sulfide) groups is 1. The molecule has 9 heteroatoms. The number of anilines is 1. The topological polar surface area (TPSA) is 101 Å². The lowest BCUT2D eigenvalue weighted by Crippen LogP contribution is -2.16. The normalized spacial score (nSPS) is 11.1. The van der Waals surface area contributed by atoms with E-state index in [0.717, 1.165) is 22.2 Å². The van der Waals surface area contributed by atoms with E-state index < -0.39 is 5.97 Å². The van der Waals surface area contributed by atoms with E-state index in [1.807, 2.05) is 13.8 Å². The van der Waals surface area contributed by atoms with Gasteiger partial charge in [-0.1, -0.05) is 11.8 Å². The van der Waals surface area contributed by atoms with Crippen molar-refractivity contribution in [3.8, 4) is 0 Å². The number of fused-ring (bicyclic) bond motifs is 1. The van der Waals surface area contributed by atoms with Gasteiger partial charge in [0.25, 0.3) is 5.56 Å². The molecule has 29 heavy (non-hydrogen) atoms. The standard InChI is InChI=1S/C20H21N3O4S2/c1-10(2)27-19(26)13-5-7-14(8-6-13)21-15(24)9-28-20-22-17(25)16-11(3)12(4)29-18(16)23-20/h5-8,10H,9H2,1-4H3,(H,21,24)(H,22,23,25). The first-order valence-electron chi connectivity index (χ1n) is 8.98. The van der Waals surface area contributed by atoms with Crippen molar-refractivity contribution in [2.75, 3.05) is 11.1 Å². The van der Waals surface area contributed by atoms with Crippen molar-refractivity contribution in [2.24, 2.45) is 0 Å². The number of ether oxygens (including phenoxy) is 1. The van der Waals surface area contributed by atoms with Gasteiger partial charge in [-0.05, 0) is 57.5 Å². The number of aromatic nitrogens is 2. The van der Waals surface area contributed by atoms with Gasteiger partial charge in [0, 0.05) is 10.6 Å². The summed E-state index contributed by atoms with van der Waals surface area (Å²) in [5, 5.41) is 3.77. The molecule has 0 radical (unpaired) electrons. The summed E-state index contributed by atoms with van der Waals surface area (Å²) >= 11 is 2.63. The van der Waals surface area contributed by atoms with Crippen LogP contribution < -0.4 is 10.9 Å². The maximum absolute atomic E-state index is 12.3. The maximum atomic E-state index is 12.3. The number of nitrogens with one attached hydrogen (secondary N) is 2. The Morgan fingerprint density at radius 1 is 1.24 bits per heavy atom. The Morgan fingerprint density at radius 2 is 1.93 bits per heavy atom. The van der Waals surface area contributed by atoms with Gasteiger partial charge in [-0.15, -0.1) is 11.3 Å². The summed E-state index contributed by atoms with van der Waals surface area (Å²) in [6, 6.07) is 6.48. The summed E-state index contributed by atoms with van der Waals surface area (Å²) in [6.45, 7) is 7.42. The first-order valence-corrected chi connectivity index (χ1v) is 10.8. The number of benzene rings is 1. The summed E-state index contributed by atoms with van der Waals surface area (Å²) in [5.41, 5.74) is 1.73. The molecule has 3 rings (SSSR count). The second-order valence-corrected chi connectivity index (χ2v) is 8.87. The average molecular weight is 432 g/mol. The summed E-state index contributed by atoms with van der Waals surface area (Å²) < 4.78 is 5.13. The molecule has 1 amide bonds. The lowest BCUT2D eigenvalue weighted by atomic mass is 10.2. The molecule has 0 aliphatic rings. The molecule has 0 bridgehead atoms. The first kappa shape index (κ1) is 21.1. The number of aryl methyl sites for hydroxylation is 2. The van der Waals surface area contributed by atoms with Crippen LogP contribution in [0.4, 0.5) is 5.69 Å². The smallest absolute Gasteiger partial charge is 0.338 e. The monoisotopic (exact) mass is 431 g/mol. The van der Waals surface area contributed by atoms with Gasteiger partial charge in [0.1, 0.15) is 4.83 Å². The zero-order valence-corrected chi connectivity index (χ0v) is 18.1. The second kappa shape index (κ2) is 8.79. The lowest BCUT2D eigenvalue weighted by Gasteiger charge is -2.09. The Kier molecular flexibility index (Phi) is 6.39. The molecular weight excluding hydrogens is 410 g/mol. The van der Waals surface area contributed by atoms with E-state index in [1.165, 1.54) is 11.3 Å². The number of amides is 1. The number of nitrogens with zero attached hydrogens (tertiary/aromatic N) is 1. The quantitative estimate of drug-likeness (QED) is 0.349. The third-order valence-electron chi connectivity index (χ3n) is 4.10. The molecule has 0 saturated carbocycles. The Bertz CT molecular complexity index is 1120. The van der Waals surface area contributed by atoms with Gasteiger partial charge in [-0.3, -0.25) is 9.59 Å². The van der Waals surface area contributed by atoms with Crippen molar-refractivity contribution in [3.05, 3.63) is 50.6 Å². The molecule has 0 unspecified atom stereocenters. The van der Waals surface area contributed by atoms with Gasteiger partial charge in [0.05, 0.1) is 22.8 Å². The predicted octanol–water partition coefficient (Wildman–Crippen LogP) is 3.90. The van der Waals surface area contributed by atoms with Crippen LogP contribution in [0.1, 0.15) is 34.6 Å². The summed E-state index contributed by atoms with van der Waals surface area (Å²) in [7, 11) is 0. The molecule has 2 aromatic heterocycles. The summed E-state index contributed by atoms with van der Waals surface area (Å²) in [5.74, 6) is -0.554. The number of H-pyrrole nitrogens is 1. The Morgan fingerprint density at radius 3 is 2.59 bits per heavy atom. The molecule has 0 atom stereocenters. The molecular formula is C20H21N3O4S2. The van der Waals surface area contributed by atoms with Crippen LogP contribution in [0.2, 0.25) is 0 Å². The fraction of sp³-hybridized carbons (Fsp3) is 0.300. The number of aromatic amines is 1. The highest BCUT2D eigenvalue weighted by Gasteiger charge is 2.13. The van der Waals surface area contributed by atoms with E-state index in [4.69, 9.17) is 4.74 Å². The minimum Gasteiger partial charge on any atom is -0.459 e. The Hall–Kier alpha value is -2.65. The number of thiophene rings is 1. The van der Waals surface area contributed by atoms with Gasteiger partial charge in [0.2, 0.25) is 5.91 Å². The van der Waals surface area contributed by atoms with Crippen molar-refractivity contribution in [1.82, 2.24) is 9.97 Å². The van der Waals surface area contributed by atoms with Gasteiger partial charge in [0.15, 0.2) is 5.16 Å². The number of carbonyl (C=O) groups excluding carboxylic acids is 2. The van der Waals surface area contributed by atoms with Crippen LogP contribution in [0.25, 0.3) is 10.2 Å². The summed E-state index contributed by atoms with van der Waals surface area (Å²) in [6.07, 6.45) is -0.194. The first-order chi connectivity index (χ1) is 13.7. The van der Waals surface area contributed by atoms with Crippen molar-refractivity contribution >= 4 is 50.9 Å². The number of carbonyl (C=O) groups is 2. The van der Waals surface area contributed by atoms with Crippen molar-refractivity contribution in [3.63, 3.8) is 0 Å². The van der Waals surface area contributed by atoms with Crippen molar-refractivity contribution in [2.45, 2.75) is 39.0 Å². The predicted molar refractivity (Wildman–Crippen MR) is 116 cm³/mol. The van der Waals surface area contributed by atoms with E-state index >= 15 is 0 Å². The van der Waals surface area contributed by atoms with E-state index in [2.05, 4.69) is 15.3 Å². The molecule has 7 nitrogen and oxygen atoms in total. The van der Waals surface area contributed by atoms with Crippen LogP contribution in [0, 0.1) is 13.8 Å². The zero-order chi connectivity index (χ0) is 21.1. The van der Waals surface area contributed by atoms with E-state index in [0.29, 0.717) is 26.6 Å². The molecule has 0 spiro atoms. The highest BCUT2D eigenvalue weighted by atomic mass is 32.2. The molecule has 1 aromatic carbocycles. The van der Waals surface area contributed by atoms with Crippen LogP contribution in [-0.2, 0) is 9.53 Å². The third-order valence-corrected chi connectivity index (χ3v) is 6.08. The van der Waals surface area contributed by atoms with Gasteiger partial charge < -0.3 is 15.0 Å². The fourth-order valence-electron chi connectivity index (χ4n) is 2.61. The van der Waals surface area contributed by atoms with Crippen LogP contribution in [0.15, 0.2) is 34.2 Å². The molecule has 0 saturated heterocycles. The molecule has 3 aromatic rings. The minimum atomic E-state index is -0.405. The van der Waals surface area contributed by atoms with Crippen LogP contribution >= 0.6 is 23.1 Å². The second-order valence-electron chi connectivity index (χ2n) is 6.70. The highest BCUT2D eigenvalue weighted by Crippen LogP contribution is 2.27. The average Bonchev–Trinajstić information content (AvgIpc) is 2.94. The summed E-state index contributed by atoms with van der Waals surface area (Å²) in [4.78, 5) is 45.2. The highest BCUT2D eigenvalue weighted by molar-refractivity contribution is 7.99. The van der Waals surface area contributed by atoms with Gasteiger partial charge >= 0.3 is 5.97 Å². The zero-order valence-electron chi connectivity index (χ0n) is 16.5. The molecule has 0 aliphatic carbocycles. The van der Waals surface area contributed by atoms with Crippen molar-refractivity contribution < 1.29 is 14.3 Å². The van der Waals surface area contributed by atoms with Gasteiger partial charge in [-0.2, -0.15) is 0 Å². The third kappa shape index (κ3) is 5.04. The van der Waals surface area contributed by atoms with E-state index in [1.54, 1.807) is 38.1 Å². The lowest BCUT2D eigenvalue weighted by molar-refractivity contribution is -0.113. The van der Waals surface area contributed by atoms with E-state index in [-0.39, 0.29) is 23.3 Å². The number of esters is 1. The molecule has 0 aliphatic heterocycles. The molecule has 152 valence electrons. The SMILES string of the molecule is Cc1sc2nc(SCC(=O)Nc3ccc(C(=O)OC(C)C)cc3)[nH]c(=O)c2c1C. The molecule has 2 heterocycles. The molecule has 2 N–H and O–H groups in total. The van der Waals surface area contributed by atoms with Crippen LogP contribution in [0.3, 0.4) is 0 Å². The van der Waals surface area contributed by atoms with Crippen LogP contribution in [-0.4, -0.2) is 33.7 Å². The van der Waals surface area contributed by atoms with Crippen molar-refractivity contribution in [1.29, 1.82) is 0 Å². The molecule has 0 fully saturated rings. The number of rotatable bonds is 6. The number of hydrogen-bond acceptors (Lipinski definition) is 7. The maximum Gasteiger partial charge on any atom is 0.338 e.